The topological polar surface area (TPSA) is 32.3 Å². The SMILES string of the molecule is CC(C(=O)NCC(C)N1CCCC1)c1c(Cl)cccc1Cl. The van der Waals surface area contributed by atoms with Crippen LogP contribution in [0.5, 0.6) is 0 Å². The highest BCUT2D eigenvalue weighted by Gasteiger charge is 2.23. The highest BCUT2D eigenvalue weighted by Crippen LogP contribution is 2.31. The molecule has 1 aromatic carbocycles. The molecule has 0 saturated carbocycles. The van der Waals surface area contributed by atoms with Crippen LogP contribution in [0.1, 0.15) is 38.2 Å². The summed E-state index contributed by atoms with van der Waals surface area (Å²) >= 11 is 12.3. The van der Waals surface area contributed by atoms with Crippen molar-refractivity contribution in [3.8, 4) is 0 Å². The standard InChI is InChI=1S/C16H22Cl2N2O/c1-11(20-8-3-4-9-20)10-19-16(21)12(2)15-13(17)6-5-7-14(15)18/h5-7,11-12H,3-4,8-10H2,1-2H3,(H,19,21). The Morgan fingerprint density at radius 3 is 2.38 bits per heavy atom. The van der Waals surface area contributed by atoms with Gasteiger partial charge in [-0.15, -0.1) is 0 Å². The summed E-state index contributed by atoms with van der Waals surface area (Å²) in [5.74, 6) is -0.381. The van der Waals surface area contributed by atoms with Crippen LogP contribution in [0.3, 0.4) is 0 Å². The lowest BCUT2D eigenvalue weighted by atomic mass is 10.00. The molecule has 3 nitrogen and oxygen atoms in total. The Kier molecular flexibility index (Phi) is 5.91. The van der Waals surface area contributed by atoms with Crippen molar-refractivity contribution >= 4 is 29.1 Å². The fraction of sp³-hybridized carbons (Fsp3) is 0.562. The Morgan fingerprint density at radius 1 is 1.24 bits per heavy atom. The number of amides is 1. The zero-order valence-corrected chi connectivity index (χ0v) is 14.0. The number of nitrogens with zero attached hydrogens (tertiary/aromatic N) is 1. The lowest BCUT2D eigenvalue weighted by Crippen LogP contribution is -2.41. The van der Waals surface area contributed by atoms with E-state index in [1.807, 2.05) is 6.92 Å². The monoisotopic (exact) mass is 328 g/mol. The van der Waals surface area contributed by atoms with Crippen LogP contribution in [0.4, 0.5) is 0 Å². The molecule has 1 aliphatic heterocycles. The fourth-order valence-electron chi connectivity index (χ4n) is 2.77. The fourth-order valence-corrected chi connectivity index (χ4v) is 3.49. The molecular formula is C16H22Cl2N2O. The van der Waals surface area contributed by atoms with Crippen molar-refractivity contribution in [3.63, 3.8) is 0 Å². The lowest BCUT2D eigenvalue weighted by molar-refractivity contribution is -0.122. The van der Waals surface area contributed by atoms with E-state index < -0.39 is 0 Å². The minimum atomic E-state index is -0.350. The number of nitrogens with one attached hydrogen (secondary N) is 1. The van der Waals surface area contributed by atoms with Crippen molar-refractivity contribution in [2.75, 3.05) is 19.6 Å². The van der Waals surface area contributed by atoms with Gasteiger partial charge in [0.1, 0.15) is 0 Å². The van der Waals surface area contributed by atoms with Gasteiger partial charge in [-0.3, -0.25) is 9.69 Å². The van der Waals surface area contributed by atoms with Gasteiger partial charge in [-0.2, -0.15) is 0 Å². The number of halogens is 2. The number of benzene rings is 1. The summed E-state index contributed by atoms with van der Waals surface area (Å²) in [6.07, 6.45) is 2.51. The highest BCUT2D eigenvalue weighted by molar-refractivity contribution is 6.36. The van der Waals surface area contributed by atoms with Gasteiger partial charge in [-0.05, 0) is 51.9 Å². The van der Waals surface area contributed by atoms with Crippen molar-refractivity contribution in [1.29, 1.82) is 0 Å². The maximum atomic E-state index is 12.3. The second-order valence-corrected chi connectivity index (χ2v) is 6.51. The van der Waals surface area contributed by atoms with Crippen LogP contribution < -0.4 is 5.32 Å². The Morgan fingerprint density at radius 2 is 1.81 bits per heavy atom. The number of carbonyl (C=O) groups excluding carboxylic acids is 1. The van der Waals surface area contributed by atoms with E-state index in [1.54, 1.807) is 18.2 Å². The van der Waals surface area contributed by atoms with Gasteiger partial charge in [0.05, 0.1) is 5.92 Å². The van der Waals surface area contributed by atoms with E-state index in [9.17, 15) is 4.79 Å². The number of likely N-dealkylation sites (tertiary alicyclic amines) is 1. The molecule has 2 unspecified atom stereocenters. The second kappa shape index (κ2) is 7.48. The zero-order chi connectivity index (χ0) is 15.4. The smallest absolute Gasteiger partial charge is 0.227 e. The molecule has 1 N–H and O–H groups in total. The summed E-state index contributed by atoms with van der Waals surface area (Å²) in [7, 11) is 0. The summed E-state index contributed by atoms with van der Waals surface area (Å²) in [5.41, 5.74) is 0.701. The summed E-state index contributed by atoms with van der Waals surface area (Å²) in [4.78, 5) is 14.7. The molecule has 0 bridgehead atoms. The van der Waals surface area contributed by atoms with Crippen molar-refractivity contribution in [2.24, 2.45) is 0 Å². The van der Waals surface area contributed by atoms with Gasteiger partial charge in [0, 0.05) is 28.2 Å². The molecule has 1 amide bonds. The number of hydrogen-bond donors (Lipinski definition) is 1. The van der Waals surface area contributed by atoms with Gasteiger partial charge in [-0.25, -0.2) is 0 Å². The Bertz CT molecular complexity index is 481. The Hall–Kier alpha value is -0.770. The van der Waals surface area contributed by atoms with Crippen molar-refractivity contribution < 1.29 is 4.79 Å². The minimum absolute atomic E-state index is 0.0314. The van der Waals surface area contributed by atoms with Crippen LogP contribution in [0.2, 0.25) is 10.0 Å². The zero-order valence-electron chi connectivity index (χ0n) is 12.5. The molecule has 1 aliphatic rings. The number of carbonyl (C=O) groups is 1. The van der Waals surface area contributed by atoms with Gasteiger partial charge in [0.15, 0.2) is 0 Å². The van der Waals surface area contributed by atoms with Crippen LogP contribution in [0, 0.1) is 0 Å². The molecule has 1 fully saturated rings. The van der Waals surface area contributed by atoms with Gasteiger partial charge < -0.3 is 5.32 Å². The Balaban J connectivity index is 1.93. The first-order valence-corrected chi connectivity index (χ1v) is 8.22. The molecule has 2 rings (SSSR count). The molecule has 2 atom stereocenters. The van der Waals surface area contributed by atoms with Crippen LogP contribution >= 0.6 is 23.2 Å². The average Bonchev–Trinajstić information content (AvgIpc) is 2.98. The summed E-state index contributed by atoms with van der Waals surface area (Å²) < 4.78 is 0. The van der Waals surface area contributed by atoms with Crippen molar-refractivity contribution in [2.45, 2.75) is 38.6 Å². The van der Waals surface area contributed by atoms with Crippen molar-refractivity contribution in [1.82, 2.24) is 10.2 Å². The third-order valence-electron chi connectivity index (χ3n) is 4.16. The van der Waals surface area contributed by atoms with Crippen LogP contribution in [-0.2, 0) is 4.79 Å². The summed E-state index contributed by atoms with van der Waals surface area (Å²) in [6.45, 7) is 6.90. The highest BCUT2D eigenvalue weighted by atomic mass is 35.5. The predicted molar refractivity (Wildman–Crippen MR) is 88.2 cm³/mol. The van der Waals surface area contributed by atoms with E-state index in [4.69, 9.17) is 23.2 Å². The molecule has 21 heavy (non-hydrogen) atoms. The average molecular weight is 329 g/mol. The first-order valence-electron chi connectivity index (χ1n) is 7.46. The third kappa shape index (κ3) is 4.12. The molecule has 5 heteroatoms. The number of hydrogen-bond acceptors (Lipinski definition) is 2. The van der Waals surface area contributed by atoms with E-state index in [0.29, 0.717) is 28.2 Å². The van der Waals surface area contributed by atoms with Crippen LogP contribution in [-0.4, -0.2) is 36.5 Å². The molecular weight excluding hydrogens is 307 g/mol. The maximum absolute atomic E-state index is 12.3. The van der Waals surface area contributed by atoms with E-state index in [-0.39, 0.29) is 11.8 Å². The second-order valence-electron chi connectivity index (χ2n) is 5.69. The van der Waals surface area contributed by atoms with Crippen molar-refractivity contribution in [3.05, 3.63) is 33.8 Å². The van der Waals surface area contributed by atoms with Gasteiger partial charge in [-0.1, -0.05) is 29.3 Å². The molecule has 0 spiro atoms. The largest absolute Gasteiger partial charge is 0.354 e. The quantitative estimate of drug-likeness (QED) is 0.893. The summed E-state index contributed by atoms with van der Waals surface area (Å²) in [5, 5.41) is 4.09. The predicted octanol–water partition coefficient (Wildman–Crippen LogP) is 3.70. The van der Waals surface area contributed by atoms with E-state index in [2.05, 4.69) is 17.1 Å². The van der Waals surface area contributed by atoms with E-state index in [0.717, 1.165) is 13.1 Å². The maximum Gasteiger partial charge on any atom is 0.227 e. The molecule has 0 aliphatic carbocycles. The third-order valence-corrected chi connectivity index (χ3v) is 4.82. The van der Waals surface area contributed by atoms with Gasteiger partial charge in [0.2, 0.25) is 5.91 Å². The van der Waals surface area contributed by atoms with E-state index >= 15 is 0 Å². The van der Waals surface area contributed by atoms with Crippen LogP contribution in [0.25, 0.3) is 0 Å². The molecule has 0 aromatic heterocycles. The minimum Gasteiger partial charge on any atom is -0.354 e. The number of rotatable bonds is 5. The first-order chi connectivity index (χ1) is 10.0. The molecule has 116 valence electrons. The Labute approximate surface area is 136 Å². The first kappa shape index (κ1) is 16.6. The van der Waals surface area contributed by atoms with Gasteiger partial charge >= 0.3 is 0 Å². The summed E-state index contributed by atoms with van der Waals surface area (Å²) in [6, 6.07) is 5.68. The normalized spacial score (nSPS) is 18.5. The van der Waals surface area contributed by atoms with Gasteiger partial charge in [0.25, 0.3) is 0 Å². The molecule has 0 radical (unpaired) electrons. The molecule has 1 aromatic rings. The van der Waals surface area contributed by atoms with E-state index in [1.165, 1.54) is 12.8 Å². The molecule has 1 heterocycles. The lowest BCUT2D eigenvalue weighted by Gasteiger charge is -2.25. The molecule has 1 saturated heterocycles. The van der Waals surface area contributed by atoms with Crippen LogP contribution in [0.15, 0.2) is 18.2 Å².